The highest BCUT2D eigenvalue weighted by Crippen LogP contribution is 2.13. The van der Waals surface area contributed by atoms with Gasteiger partial charge in [0.15, 0.2) is 5.69 Å². The molecule has 2 aromatic rings. The summed E-state index contributed by atoms with van der Waals surface area (Å²) in [4.78, 5) is 3.92. The smallest absolute Gasteiger partial charge is 0.238 e. The molecule has 0 bridgehead atoms. The fourth-order valence-corrected chi connectivity index (χ4v) is 0.882. The molecule has 5 heteroatoms. The second kappa shape index (κ2) is 2.69. The average molecular weight is 164 g/mol. The van der Waals surface area contributed by atoms with Crippen LogP contribution in [0.1, 0.15) is 0 Å². The van der Waals surface area contributed by atoms with Gasteiger partial charge in [-0.2, -0.15) is 4.39 Å². The molecule has 0 unspecified atom stereocenters. The molecule has 0 amide bonds. The van der Waals surface area contributed by atoms with E-state index in [1.54, 1.807) is 24.4 Å². The Hall–Kier alpha value is -1.78. The Labute approximate surface area is 67.5 Å². The highest BCUT2D eigenvalue weighted by atomic mass is 19.1. The van der Waals surface area contributed by atoms with E-state index in [1.165, 1.54) is 0 Å². The van der Waals surface area contributed by atoms with Crippen LogP contribution >= 0.6 is 0 Å². The summed E-state index contributed by atoms with van der Waals surface area (Å²) in [6, 6.07) is 5.18. The third-order valence-electron chi connectivity index (χ3n) is 1.41. The molecule has 0 saturated carbocycles. The molecule has 2 rings (SSSR count). The maximum absolute atomic E-state index is 12.8. The molecule has 0 saturated heterocycles. The van der Waals surface area contributed by atoms with Crippen LogP contribution in [0.25, 0.3) is 11.4 Å². The predicted octanol–water partition coefficient (Wildman–Crippen LogP) is 1.01. The van der Waals surface area contributed by atoms with Crippen molar-refractivity contribution in [2.24, 2.45) is 0 Å². The van der Waals surface area contributed by atoms with Gasteiger partial charge in [0.25, 0.3) is 0 Å². The Morgan fingerprint density at radius 1 is 1.33 bits per heavy atom. The number of hydrogen-bond acceptors (Lipinski definition) is 3. The van der Waals surface area contributed by atoms with Gasteiger partial charge < -0.3 is 0 Å². The van der Waals surface area contributed by atoms with E-state index in [0.717, 1.165) is 0 Å². The summed E-state index contributed by atoms with van der Waals surface area (Å²) >= 11 is 0. The van der Waals surface area contributed by atoms with Crippen LogP contribution in [0.2, 0.25) is 0 Å². The van der Waals surface area contributed by atoms with Crippen LogP contribution in [0.4, 0.5) is 4.39 Å². The zero-order chi connectivity index (χ0) is 8.39. The van der Waals surface area contributed by atoms with Crippen LogP contribution in [0.15, 0.2) is 24.4 Å². The molecule has 1 N–H and O–H groups in total. The predicted molar refractivity (Wildman–Crippen MR) is 39.6 cm³/mol. The second-order valence-electron chi connectivity index (χ2n) is 2.19. The first-order valence-electron chi connectivity index (χ1n) is 3.36. The van der Waals surface area contributed by atoms with Gasteiger partial charge in [-0.15, -0.1) is 5.10 Å². The fourth-order valence-electron chi connectivity index (χ4n) is 0.882. The molecule has 0 aliphatic heterocycles. The zero-order valence-corrected chi connectivity index (χ0v) is 6.03. The molecule has 0 radical (unpaired) electrons. The Balaban J connectivity index is 2.51. The standard InChI is InChI=1S/C7H5FN4/c8-7-6(10-12-11-7)5-3-1-2-4-9-5/h1-4H,(H,10,11,12). The maximum atomic E-state index is 12.8. The first-order valence-corrected chi connectivity index (χ1v) is 3.36. The lowest BCUT2D eigenvalue weighted by atomic mass is 10.3. The van der Waals surface area contributed by atoms with Gasteiger partial charge >= 0.3 is 0 Å². The van der Waals surface area contributed by atoms with Gasteiger partial charge in [-0.1, -0.05) is 11.3 Å². The SMILES string of the molecule is Fc1[nH]nnc1-c1ccccn1. The van der Waals surface area contributed by atoms with Crippen molar-refractivity contribution in [3.05, 3.63) is 30.3 Å². The van der Waals surface area contributed by atoms with Gasteiger partial charge in [-0.3, -0.25) is 4.98 Å². The van der Waals surface area contributed by atoms with Gasteiger partial charge in [-0.05, 0) is 12.1 Å². The Morgan fingerprint density at radius 3 is 2.83 bits per heavy atom. The lowest BCUT2D eigenvalue weighted by molar-refractivity contribution is 0.581. The molecule has 0 fully saturated rings. The summed E-state index contributed by atoms with van der Waals surface area (Å²) in [6.07, 6.45) is 1.57. The third kappa shape index (κ3) is 1.05. The average Bonchev–Trinajstić information content (AvgIpc) is 2.53. The molecule has 0 aliphatic carbocycles. The Morgan fingerprint density at radius 2 is 2.25 bits per heavy atom. The molecule has 12 heavy (non-hydrogen) atoms. The number of aromatic nitrogens is 4. The number of nitrogens with one attached hydrogen (secondary N) is 1. The van der Waals surface area contributed by atoms with Gasteiger partial charge in [0.2, 0.25) is 5.95 Å². The summed E-state index contributed by atoms with van der Waals surface area (Å²) in [5.74, 6) is -0.561. The van der Waals surface area contributed by atoms with Crippen LogP contribution in [-0.2, 0) is 0 Å². The number of halogens is 1. The van der Waals surface area contributed by atoms with Gasteiger partial charge in [0, 0.05) is 6.20 Å². The molecule has 60 valence electrons. The van der Waals surface area contributed by atoms with Gasteiger partial charge in [0.1, 0.15) is 0 Å². The van der Waals surface area contributed by atoms with Crippen LogP contribution in [0.3, 0.4) is 0 Å². The monoisotopic (exact) mass is 164 g/mol. The minimum atomic E-state index is -0.561. The summed E-state index contributed by atoms with van der Waals surface area (Å²) in [5.41, 5.74) is 0.624. The molecule has 0 spiro atoms. The highest BCUT2D eigenvalue weighted by Gasteiger charge is 2.08. The van der Waals surface area contributed by atoms with Crippen molar-refractivity contribution in [1.29, 1.82) is 0 Å². The van der Waals surface area contributed by atoms with Gasteiger partial charge in [-0.25, -0.2) is 5.10 Å². The minimum Gasteiger partial charge on any atom is -0.254 e. The van der Waals surface area contributed by atoms with Crippen molar-refractivity contribution < 1.29 is 4.39 Å². The Kier molecular flexibility index (Phi) is 1.55. The van der Waals surface area contributed by atoms with Gasteiger partial charge in [0.05, 0.1) is 5.69 Å². The van der Waals surface area contributed by atoms with Crippen molar-refractivity contribution in [2.75, 3.05) is 0 Å². The molecule has 4 nitrogen and oxygen atoms in total. The topological polar surface area (TPSA) is 54.5 Å². The van der Waals surface area contributed by atoms with E-state index in [-0.39, 0.29) is 5.69 Å². The van der Waals surface area contributed by atoms with E-state index >= 15 is 0 Å². The molecule has 0 atom stereocenters. The number of pyridine rings is 1. The van der Waals surface area contributed by atoms with E-state index in [4.69, 9.17) is 0 Å². The lowest BCUT2D eigenvalue weighted by Crippen LogP contribution is -1.84. The largest absolute Gasteiger partial charge is 0.254 e. The molecule has 0 aliphatic rings. The van der Waals surface area contributed by atoms with Crippen molar-refractivity contribution in [3.63, 3.8) is 0 Å². The zero-order valence-electron chi connectivity index (χ0n) is 6.03. The molecule has 0 aromatic carbocycles. The number of rotatable bonds is 1. The number of aromatic amines is 1. The van der Waals surface area contributed by atoms with E-state index in [0.29, 0.717) is 5.69 Å². The van der Waals surface area contributed by atoms with E-state index in [9.17, 15) is 4.39 Å². The number of nitrogens with zero attached hydrogens (tertiary/aromatic N) is 3. The van der Waals surface area contributed by atoms with Crippen LogP contribution in [-0.4, -0.2) is 20.4 Å². The Bertz CT molecular complexity index is 370. The lowest BCUT2D eigenvalue weighted by Gasteiger charge is -1.91. The van der Waals surface area contributed by atoms with Crippen molar-refractivity contribution in [2.45, 2.75) is 0 Å². The first-order chi connectivity index (χ1) is 5.88. The van der Waals surface area contributed by atoms with Crippen molar-refractivity contribution in [3.8, 4) is 11.4 Å². The third-order valence-corrected chi connectivity index (χ3v) is 1.41. The normalized spacial score (nSPS) is 10.1. The quantitative estimate of drug-likeness (QED) is 0.684. The molecule has 2 heterocycles. The van der Waals surface area contributed by atoms with E-state index in [2.05, 4.69) is 20.4 Å². The molecular formula is C7H5FN4. The summed E-state index contributed by atoms with van der Waals surface area (Å²) in [5, 5.41) is 8.95. The molecule has 2 aromatic heterocycles. The number of hydrogen-bond donors (Lipinski definition) is 1. The fraction of sp³-hybridized carbons (Fsp3) is 0. The maximum Gasteiger partial charge on any atom is 0.238 e. The first kappa shape index (κ1) is 6.90. The summed E-state index contributed by atoms with van der Waals surface area (Å²) in [6.45, 7) is 0. The minimum absolute atomic E-state index is 0.149. The van der Waals surface area contributed by atoms with Crippen LogP contribution in [0.5, 0.6) is 0 Å². The van der Waals surface area contributed by atoms with Crippen LogP contribution in [0, 0.1) is 5.95 Å². The van der Waals surface area contributed by atoms with Crippen molar-refractivity contribution in [1.82, 2.24) is 20.4 Å². The highest BCUT2D eigenvalue weighted by molar-refractivity contribution is 5.51. The molecular weight excluding hydrogens is 159 g/mol. The summed E-state index contributed by atoms with van der Waals surface area (Å²) in [7, 11) is 0. The van der Waals surface area contributed by atoms with E-state index < -0.39 is 5.95 Å². The van der Waals surface area contributed by atoms with Crippen molar-refractivity contribution >= 4 is 0 Å². The van der Waals surface area contributed by atoms with Crippen LogP contribution < -0.4 is 0 Å². The second-order valence-corrected chi connectivity index (χ2v) is 2.19. The summed E-state index contributed by atoms with van der Waals surface area (Å²) < 4.78 is 12.8. The number of H-pyrrole nitrogens is 1. The van der Waals surface area contributed by atoms with E-state index in [1.807, 2.05) is 0 Å².